The summed E-state index contributed by atoms with van der Waals surface area (Å²) in [4.78, 5) is 45.5. The van der Waals surface area contributed by atoms with E-state index < -0.39 is 0 Å². The van der Waals surface area contributed by atoms with Gasteiger partial charge in [0.2, 0.25) is 11.8 Å². The molecule has 2 saturated carbocycles. The van der Waals surface area contributed by atoms with E-state index in [-0.39, 0.29) is 36.1 Å². The van der Waals surface area contributed by atoms with Gasteiger partial charge in [-0.3, -0.25) is 14.5 Å². The standard InChI is InChI=1S/C27H25N5O2.C25H25N3O2/c28-27(11-4-12-27)20-9-7-19(8-10-20)25-22(18-5-2-1-3-6-18)13-23-26(31-25)34-16-24(33)32(23)15-21-14-29-17-30-21;1-2-28-21-15-20(17-7-4-3-5-8-17)23(27-24(21)30-16-22(28)29)18-9-11-19(12-10-18)25(26)13-6-14-25/h1-3,5-10,13-14,17H,4,11-12,15-16,28H2,(H,29,30);3-5,7-12,15H,2,6,13-14,16,26H2,1H3. The lowest BCUT2D eigenvalue weighted by atomic mass is 9.72. The topological polar surface area (TPSA) is 166 Å². The van der Waals surface area contributed by atoms with Gasteiger partial charge in [-0.25, -0.2) is 15.0 Å². The van der Waals surface area contributed by atoms with E-state index >= 15 is 0 Å². The quantitative estimate of drug-likeness (QED) is 0.129. The maximum atomic E-state index is 12.8. The Hall–Kier alpha value is -7.15. The predicted molar refractivity (Wildman–Crippen MR) is 248 cm³/mol. The fourth-order valence-electron chi connectivity index (χ4n) is 9.05. The number of fused-ring (bicyclic) bond motifs is 2. The summed E-state index contributed by atoms with van der Waals surface area (Å²) >= 11 is 0. The number of benzene rings is 4. The highest BCUT2D eigenvalue weighted by Crippen LogP contribution is 2.44. The van der Waals surface area contributed by atoms with Crippen molar-refractivity contribution in [1.29, 1.82) is 0 Å². The van der Waals surface area contributed by atoms with E-state index in [1.807, 2.05) is 55.5 Å². The van der Waals surface area contributed by atoms with Gasteiger partial charge in [0.1, 0.15) is 11.4 Å². The van der Waals surface area contributed by atoms with Crippen LogP contribution in [0.25, 0.3) is 44.8 Å². The molecule has 3 aromatic heterocycles. The molecular formula is C52H50N8O4. The number of carbonyl (C=O) groups is 2. The number of nitrogens with one attached hydrogen (secondary N) is 1. The van der Waals surface area contributed by atoms with Crippen molar-refractivity contribution in [2.75, 3.05) is 29.6 Å². The highest BCUT2D eigenvalue weighted by atomic mass is 16.5. The molecule has 2 amide bonds. The first-order chi connectivity index (χ1) is 31.2. The van der Waals surface area contributed by atoms with Crippen LogP contribution in [0.3, 0.4) is 0 Å². The van der Waals surface area contributed by atoms with Crippen LogP contribution in [0, 0.1) is 0 Å². The zero-order valence-corrected chi connectivity index (χ0v) is 35.8. The van der Waals surface area contributed by atoms with Crippen molar-refractivity contribution in [3.63, 3.8) is 0 Å². The van der Waals surface area contributed by atoms with Gasteiger partial charge in [0.05, 0.1) is 30.0 Å². The number of H-pyrrole nitrogens is 1. The van der Waals surface area contributed by atoms with Crippen LogP contribution < -0.4 is 30.7 Å². The lowest BCUT2D eigenvalue weighted by Crippen LogP contribution is -2.43. The predicted octanol–water partition coefficient (Wildman–Crippen LogP) is 8.90. The van der Waals surface area contributed by atoms with E-state index in [0.717, 1.165) is 87.4 Å². The molecule has 11 rings (SSSR count). The monoisotopic (exact) mass is 850 g/mol. The molecule has 0 radical (unpaired) electrons. The summed E-state index contributed by atoms with van der Waals surface area (Å²) in [5.74, 6) is 0.794. The number of aromatic amines is 1. The Morgan fingerprint density at radius 2 is 1.06 bits per heavy atom. The van der Waals surface area contributed by atoms with Crippen molar-refractivity contribution in [1.82, 2.24) is 19.9 Å². The molecule has 0 spiro atoms. The van der Waals surface area contributed by atoms with Gasteiger partial charge < -0.3 is 30.8 Å². The van der Waals surface area contributed by atoms with Crippen molar-refractivity contribution in [3.05, 3.63) is 151 Å². The molecular weight excluding hydrogens is 801 g/mol. The molecule has 12 nitrogen and oxygen atoms in total. The van der Waals surface area contributed by atoms with E-state index in [9.17, 15) is 9.59 Å². The number of likely N-dealkylation sites (N-methyl/N-ethyl adjacent to an activating group) is 1. The van der Waals surface area contributed by atoms with Crippen molar-refractivity contribution >= 4 is 23.2 Å². The Bertz CT molecular complexity index is 2810. The normalized spacial score (nSPS) is 16.8. The Morgan fingerprint density at radius 1 is 0.609 bits per heavy atom. The van der Waals surface area contributed by atoms with Gasteiger partial charge in [0, 0.05) is 46.1 Å². The third-order valence-corrected chi connectivity index (χ3v) is 13.1. The molecule has 5 heterocycles. The molecule has 2 fully saturated rings. The van der Waals surface area contributed by atoms with Gasteiger partial charge in [-0.05, 0) is 79.8 Å². The number of hydrogen-bond donors (Lipinski definition) is 3. The van der Waals surface area contributed by atoms with Crippen LogP contribution in [-0.4, -0.2) is 51.5 Å². The first-order valence-corrected chi connectivity index (χ1v) is 22.0. The van der Waals surface area contributed by atoms with Crippen LogP contribution in [0.5, 0.6) is 11.8 Å². The van der Waals surface area contributed by atoms with Crippen LogP contribution >= 0.6 is 0 Å². The van der Waals surface area contributed by atoms with Gasteiger partial charge in [0.15, 0.2) is 13.2 Å². The van der Waals surface area contributed by atoms with Crippen LogP contribution in [-0.2, 0) is 27.2 Å². The molecule has 0 unspecified atom stereocenters. The van der Waals surface area contributed by atoms with Crippen molar-refractivity contribution in [2.45, 2.75) is 63.1 Å². The molecule has 4 aliphatic rings. The second-order valence-corrected chi connectivity index (χ2v) is 17.1. The lowest BCUT2D eigenvalue weighted by Gasteiger charge is -2.38. The molecule has 7 aromatic rings. The average molecular weight is 851 g/mol. The first kappa shape index (κ1) is 40.9. The molecule has 4 aromatic carbocycles. The third-order valence-electron chi connectivity index (χ3n) is 13.1. The maximum Gasteiger partial charge on any atom is 0.265 e. The molecule has 2 aliphatic heterocycles. The van der Waals surface area contributed by atoms with E-state index in [1.165, 1.54) is 18.4 Å². The highest BCUT2D eigenvalue weighted by Gasteiger charge is 2.36. The summed E-state index contributed by atoms with van der Waals surface area (Å²) in [6.07, 6.45) is 9.80. The molecule has 0 atom stereocenters. The van der Waals surface area contributed by atoms with Crippen LogP contribution in [0.2, 0.25) is 0 Å². The minimum Gasteiger partial charge on any atom is -0.466 e. The highest BCUT2D eigenvalue weighted by molar-refractivity contribution is 6.00. The second kappa shape index (κ2) is 16.9. The Kier molecular flexibility index (Phi) is 10.8. The van der Waals surface area contributed by atoms with Gasteiger partial charge in [0.25, 0.3) is 11.8 Å². The molecule has 0 bridgehead atoms. The average Bonchev–Trinajstić information content (AvgIpc) is 3.84. The Balaban J connectivity index is 0.000000153. The van der Waals surface area contributed by atoms with Gasteiger partial charge in [-0.2, -0.15) is 0 Å². The van der Waals surface area contributed by atoms with Crippen LogP contribution in [0.15, 0.2) is 134 Å². The van der Waals surface area contributed by atoms with Crippen molar-refractivity contribution < 1.29 is 19.1 Å². The molecule has 64 heavy (non-hydrogen) atoms. The van der Waals surface area contributed by atoms with Crippen LogP contribution in [0.1, 0.15) is 62.3 Å². The van der Waals surface area contributed by atoms with Gasteiger partial charge in [-0.15, -0.1) is 0 Å². The number of carbonyl (C=O) groups excluding carboxylic acids is 2. The van der Waals surface area contributed by atoms with E-state index in [2.05, 4.69) is 82.8 Å². The summed E-state index contributed by atoms with van der Waals surface area (Å²) < 4.78 is 11.5. The van der Waals surface area contributed by atoms with E-state index in [0.29, 0.717) is 30.5 Å². The smallest absolute Gasteiger partial charge is 0.265 e. The summed E-state index contributed by atoms with van der Waals surface area (Å²) in [5, 5.41) is 0. The SMILES string of the molecule is CCN1C(=O)COc2nc(-c3ccc(C4(N)CCC4)cc3)c(-c3ccccc3)cc21.NC1(c2ccc(-c3nc4c(cc3-c3ccccc3)N(Cc3cnc[nH]3)C(=O)CO4)cc2)CCC1. The number of imidazole rings is 1. The lowest BCUT2D eigenvalue weighted by molar-refractivity contribution is -0.122. The fraction of sp³-hybridized carbons (Fsp3) is 0.250. The minimum absolute atomic E-state index is 0.0204. The number of rotatable bonds is 9. The Morgan fingerprint density at radius 3 is 1.47 bits per heavy atom. The maximum absolute atomic E-state index is 12.8. The number of amides is 2. The van der Waals surface area contributed by atoms with Crippen molar-refractivity contribution in [2.24, 2.45) is 11.5 Å². The number of anilines is 2. The van der Waals surface area contributed by atoms with E-state index in [1.54, 1.807) is 22.3 Å². The summed E-state index contributed by atoms with van der Waals surface area (Å²) in [5.41, 5.74) is 24.8. The van der Waals surface area contributed by atoms with Crippen LogP contribution in [0.4, 0.5) is 11.4 Å². The number of hydrogen-bond acceptors (Lipinski definition) is 9. The number of ether oxygens (including phenoxy) is 2. The molecule has 12 heteroatoms. The van der Waals surface area contributed by atoms with Gasteiger partial charge >= 0.3 is 0 Å². The fourth-order valence-corrected chi connectivity index (χ4v) is 9.05. The zero-order valence-electron chi connectivity index (χ0n) is 35.8. The van der Waals surface area contributed by atoms with Crippen molar-refractivity contribution in [3.8, 4) is 56.5 Å². The number of nitrogens with zero attached hydrogens (tertiary/aromatic N) is 5. The van der Waals surface area contributed by atoms with E-state index in [4.69, 9.17) is 30.9 Å². The molecule has 322 valence electrons. The first-order valence-electron chi connectivity index (χ1n) is 22.0. The molecule has 0 saturated heterocycles. The second-order valence-electron chi connectivity index (χ2n) is 17.1. The number of nitrogens with two attached hydrogens (primary N) is 2. The third kappa shape index (κ3) is 7.69. The summed E-state index contributed by atoms with van der Waals surface area (Å²) in [7, 11) is 0. The van der Waals surface area contributed by atoms with Gasteiger partial charge in [-0.1, -0.05) is 109 Å². The summed E-state index contributed by atoms with van der Waals surface area (Å²) in [6, 6.07) is 41.1. The molecule has 2 aliphatic carbocycles. The molecule has 5 N–H and O–H groups in total. The Labute approximate surface area is 372 Å². The number of aromatic nitrogens is 4. The largest absolute Gasteiger partial charge is 0.466 e. The number of pyridine rings is 2. The minimum atomic E-state index is -0.208. The summed E-state index contributed by atoms with van der Waals surface area (Å²) in [6.45, 7) is 2.89. The zero-order chi connectivity index (χ0) is 43.8.